The Morgan fingerprint density at radius 2 is 1.79 bits per heavy atom. The van der Waals surface area contributed by atoms with E-state index in [4.69, 9.17) is 11.5 Å². The van der Waals surface area contributed by atoms with Crippen LogP contribution in [0.3, 0.4) is 0 Å². The molecule has 1 aromatic rings. The Bertz CT molecular complexity index is 368. The molecule has 0 aliphatic carbocycles. The van der Waals surface area contributed by atoms with Gasteiger partial charge in [0, 0.05) is 18.5 Å². The molecule has 0 fully saturated rings. The van der Waals surface area contributed by atoms with E-state index >= 15 is 0 Å². The van der Waals surface area contributed by atoms with Crippen molar-refractivity contribution in [2.45, 2.75) is 6.42 Å². The lowest BCUT2D eigenvalue weighted by Gasteiger charge is -1.98. The minimum Gasteiger partial charge on any atom is -0.394 e. The Labute approximate surface area is 80.9 Å². The standard InChI is InChI=1S/C10H10F2N2/c11-8-5-7(3-1-2-4-13)6-9(12)10(8)14/h5-6H,2,4,13-14H2. The first-order valence-electron chi connectivity index (χ1n) is 4.08. The summed E-state index contributed by atoms with van der Waals surface area (Å²) < 4.78 is 25.8. The van der Waals surface area contributed by atoms with Crippen LogP contribution in [-0.4, -0.2) is 6.54 Å². The van der Waals surface area contributed by atoms with E-state index < -0.39 is 17.3 Å². The van der Waals surface area contributed by atoms with Crippen LogP contribution in [0.15, 0.2) is 12.1 Å². The summed E-state index contributed by atoms with van der Waals surface area (Å²) in [5.74, 6) is 3.69. The van der Waals surface area contributed by atoms with Crippen LogP contribution in [-0.2, 0) is 0 Å². The van der Waals surface area contributed by atoms with Gasteiger partial charge < -0.3 is 11.5 Å². The van der Waals surface area contributed by atoms with Crippen molar-refractivity contribution < 1.29 is 8.78 Å². The summed E-state index contributed by atoms with van der Waals surface area (Å²) in [6, 6.07) is 2.20. The Kier molecular flexibility index (Phi) is 3.43. The van der Waals surface area contributed by atoms with Gasteiger partial charge in [-0.3, -0.25) is 0 Å². The molecule has 14 heavy (non-hydrogen) atoms. The van der Waals surface area contributed by atoms with Gasteiger partial charge in [-0.2, -0.15) is 0 Å². The van der Waals surface area contributed by atoms with Crippen molar-refractivity contribution in [3.63, 3.8) is 0 Å². The zero-order valence-corrected chi connectivity index (χ0v) is 7.48. The van der Waals surface area contributed by atoms with Gasteiger partial charge in [0.25, 0.3) is 0 Å². The summed E-state index contributed by atoms with van der Waals surface area (Å²) in [4.78, 5) is 0. The van der Waals surface area contributed by atoms with Crippen molar-refractivity contribution in [3.8, 4) is 11.8 Å². The number of anilines is 1. The second-order valence-electron chi connectivity index (χ2n) is 2.69. The smallest absolute Gasteiger partial charge is 0.150 e. The summed E-state index contributed by atoms with van der Waals surface area (Å²) >= 11 is 0. The molecule has 1 aromatic carbocycles. The SMILES string of the molecule is NCCC#Cc1cc(F)c(N)c(F)c1. The van der Waals surface area contributed by atoms with E-state index in [0.29, 0.717) is 13.0 Å². The molecule has 0 aliphatic rings. The lowest BCUT2D eigenvalue weighted by Crippen LogP contribution is -1.97. The number of halogens is 2. The van der Waals surface area contributed by atoms with Crippen molar-refractivity contribution in [2.75, 3.05) is 12.3 Å². The molecular formula is C10H10F2N2. The maximum Gasteiger partial charge on any atom is 0.150 e. The van der Waals surface area contributed by atoms with E-state index in [1.807, 2.05) is 0 Å². The van der Waals surface area contributed by atoms with E-state index in [-0.39, 0.29) is 5.56 Å². The van der Waals surface area contributed by atoms with E-state index in [1.165, 1.54) is 0 Å². The highest BCUT2D eigenvalue weighted by molar-refractivity contribution is 5.47. The molecule has 4 N–H and O–H groups in total. The zero-order chi connectivity index (χ0) is 10.6. The number of hydrogen-bond donors (Lipinski definition) is 2. The van der Waals surface area contributed by atoms with Gasteiger partial charge in [0.2, 0.25) is 0 Å². The van der Waals surface area contributed by atoms with Crippen LogP contribution in [0.2, 0.25) is 0 Å². The number of benzene rings is 1. The summed E-state index contributed by atoms with van der Waals surface area (Å²) in [7, 11) is 0. The van der Waals surface area contributed by atoms with Crippen molar-refractivity contribution in [1.82, 2.24) is 0 Å². The quantitative estimate of drug-likeness (QED) is 0.524. The minimum atomic E-state index is -0.790. The maximum absolute atomic E-state index is 12.9. The lowest BCUT2D eigenvalue weighted by molar-refractivity contribution is 0.591. The van der Waals surface area contributed by atoms with Crippen molar-refractivity contribution >= 4 is 5.69 Å². The van der Waals surface area contributed by atoms with Gasteiger partial charge in [0.15, 0.2) is 0 Å². The van der Waals surface area contributed by atoms with Crippen LogP contribution in [0.5, 0.6) is 0 Å². The second kappa shape index (κ2) is 4.58. The molecule has 0 amide bonds. The molecule has 0 spiro atoms. The van der Waals surface area contributed by atoms with Gasteiger partial charge in [-0.1, -0.05) is 11.8 Å². The van der Waals surface area contributed by atoms with Gasteiger partial charge in [-0.15, -0.1) is 0 Å². The number of nitrogens with two attached hydrogens (primary N) is 2. The van der Waals surface area contributed by atoms with Crippen LogP contribution in [0.25, 0.3) is 0 Å². The topological polar surface area (TPSA) is 52.0 Å². The number of nitrogen functional groups attached to an aromatic ring is 1. The van der Waals surface area contributed by atoms with Crippen LogP contribution in [0.1, 0.15) is 12.0 Å². The lowest BCUT2D eigenvalue weighted by atomic mass is 10.2. The summed E-state index contributed by atoms with van der Waals surface area (Å²) in [5, 5.41) is 0. The van der Waals surface area contributed by atoms with E-state index in [1.54, 1.807) is 0 Å². The molecule has 0 bridgehead atoms. The molecule has 2 nitrogen and oxygen atoms in total. The van der Waals surface area contributed by atoms with E-state index in [2.05, 4.69) is 11.8 Å². The molecule has 0 saturated heterocycles. The molecule has 0 aromatic heterocycles. The van der Waals surface area contributed by atoms with Crippen LogP contribution in [0.4, 0.5) is 14.5 Å². The van der Waals surface area contributed by atoms with Gasteiger partial charge >= 0.3 is 0 Å². The summed E-state index contributed by atoms with van der Waals surface area (Å²) in [5.41, 5.74) is 10.1. The molecule has 4 heteroatoms. The molecule has 0 unspecified atom stereocenters. The molecule has 0 aliphatic heterocycles. The third-order valence-electron chi connectivity index (χ3n) is 1.58. The molecule has 74 valence electrons. The van der Waals surface area contributed by atoms with Crippen molar-refractivity contribution in [2.24, 2.45) is 5.73 Å². The van der Waals surface area contributed by atoms with E-state index in [9.17, 15) is 8.78 Å². The fraction of sp³-hybridized carbons (Fsp3) is 0.200. The van der Waals surface area contributed by atoms with Crippen LogP contribution in [0, 0.1) is 23.5 Å². The monoisotopic (exact) mass is 196 g/mol. The van der Waals surface area contributed by atoms with Gasteiger partial charge in [0.05, 0.1) is 0 Å². The fourth-order valence-corrected chi connectivity index (χ4v) is 0.893. The van der Waals surface area contributed by atoms with Gasteiger partial charge in [-0.05, 0) is 12.1 Å². The molecule has 0 atom stereocenters. The van der Waals surface area contributed by atoms with E-state index in [0.717, 1.165) is 12.1 Å². The maximum atomic E-state index is 12.9. The van der Waals surface area contributed by atoms with Gasteiger partial charge in [0.1, 0.15) is 17.3 Å². The predicted octanol–water partition coefficient (Wildman–Crippen LogP) is 1.25. The first-order chi connectivity index (χ1) is 6.65. The molecule has 0 heterocycles. The molecule has 0 radical (unpaired) electrons. The minimum absolute atomic E-state index is 0.266. The Hall–Kier alpha value is -1.60. The third kappa shape index (κ3) is 2.44. The average molecular weight is 196 g/mol. The highest BCUT2D eigenvalue weighted by Gasteiger charge is 2.05. The van der Waals surface area contributed by atoms with Gasteiger partial charge in [-0.25, -0.2) is 8.78 Å². The van der Waals surface area contributed by atoms with Crippen LogP contribution >= 0.6 is 0 Å². The number of rotatable bonds is 1. The molecular weight excluding hydrogens is 186 g/mol. The summed E-state index contributed by atoms with van der Waals surface area (Å²) in [6.45, 7) is 0.424. The van der Waals surface area contributed by atoms with Crippen molar-refractivity contribution in [3.05, 3.63) is 29.3 Å². The molecule has 1 rings (SSSR count). The average Bonchev–Trinajstić information content (AvgIpc) is 2.14. The Morgan fingerprint density at radius 3 is 2.29 bits per heavy atom. The predicted molar refractivity (Wildman–Crippen MR) is 51.3 cm³/mol. The second-order valence-corrected chi connectivity index (χ2v) is 2.69. The Balaban J connectivity index is 2.97. The zero-order valence-electron chi connectivity index (χ0n) is 7.48. The largest absolute Gasteiger partial charge is 0.394 e. The Morgan fingerprint density at radius 1 is 1.21 bits per heavy atom. The highest BCUT2D eigenvalue weighted by Crippen LogP contribution is 2.16. The van der Waals surface area contributed by atoms with Crippen LogP contribution < -0.4 is 11.5 Å². The molecule has 0 saturated carbocycles. The normalized spacial score (nSPS) is 9.36. The highest BCUT2D eigenvalue weighted by atomic mass is 19.1. The van der Waals surface area contributed by atoms with Crippen molar-refractivity contribution in [1.29, 1.82) is 0 Å². The number of hydrogen-bond acceptors (Lipinski definition) is 2. The first-order valence-corrected chi connectivity index (χ1v) is 4.08. The summed E-state index contributed by atoms with van der Waals surface area (Å²) in [6.07, 6.45) is 0.494. The first kappa shape index (κ1) is 10.5. The fourth-order valence-electron chi connectivity index (χ4n) is 0.893. The third-order valence-corrected chi connectivity index (χ3v) is 1.58.